The van der Waals surface area contributed by atoms with Gasteiger partial charge in [0.2, 0.25) is 0 Å². The van der Waals surface area contributed by atoms with Crippen molar-refractivity contribution in [3.8, 4) is 11.1 Å². The molecule has 0 amide bonds. The summed E-state index contributed by atoms with van der Waals surface area (Å²) in [7, 11) is 0. The largest absolute Gasteiger partial charge is 0.455 e. The highest BCUT2D eigenvalue weighted by Crippen LogP contribution is 2.42. The molecule has 2 nitrogen and oxygen atoms in total. The quantitative estimate of drug-likeness (QED) is 0.305. The van der Waals surface area contributed by atoms with Crippen molar-refractivity contribution in [2.75, 3.05) is 0 Å². The number of aromatic nitrogens is 1. The number of rotatable bonds is 1. The van der Waals surface area contributed by atoms with Gasteiger partial charge in [-0.25, -0.2) is 0 Å². The van der Waals surface area contributed by atoms with Crippen LogP contribution in [-0.4, -0.2) is 4.98 Å². The van der Waals surface area contributed by atoms with Gasteiger partial charge in [0.1, 0.15) is 11.2 Å². The van der Waals surface area contributed by atoms with E-state index >= 15 is 0 Å². The van der Waals surface area contributed by atoms with Gasteiger partial charge in [-0.05, 0) is 40.8 Å². The summed E-state index contributed by atoms with van der Waals surface area (Å²) in [5.74, 6) is 0. The van der Waals surface area contributed by atoms with Crippen LogP contribution in [-0.2, 0) is 0 Å². The molecule has 0 atom stereocenters. The Kier molecular flexibility index (Phi) is 3.03. The second-order valence-corrected chi connectivity index (χ2v) is 7.85. The molecule has 0 bridgehead atoms. The number of furan rings is 1. The molecule has 0 unspecified atom stereocenters. The van der Waals surface area contributed by atoms with Gasteiger partial charge in [-0.3, -0.25) is 0 Å². The Bertz CT molecular complexity index is 1740. The first kappa shape index (κ1) is 15.8. The van der Waals surface area contributed by atoms with Crippen LogP contribution in [0.3, 0.4) is 0 Å². The molecule has 140 valence electrons. The molecule has 0 saturated heterocycles. The molecule has 2 aromatic heterocycles. The molecule has 2 heterocycles. The van der Waals surface area contributed by atoms with Crippen LogP contribution in [0.1, 0.15) is 0 Å². The Labute approximate surface area is 172 Å². The van der Waals surface area contributed by atoms with Crippen LogP contribution in [0.2, 0.25) is 0 Å². The summed E-state index contributed by atoms with van der Waals surface area (Å²) in [6.45, 7) is 0. The maximum Gasteiger partial charge on any atom is 0.145 e. The average molecular weight is 383 g/mol. The molecule has 0 spiro atoms. The third kappa shape index (κ3) is 2.03. The zero-order chi connectivity index (χ0) is 19.7. The second-order valence-electron chi connectivity index (χ2n) is 7.85. The molecular weight excluding hydrogens is 366 g/mol. The van der Waals surface area contributed by atoms with Gasteiger partial charge in [0, 0.05) is 27.1 Å². The lowest BCUT2D eigenvalue weighted by Gasteiger charge is -2.08. The first-order valence-corrected chi connectivity index (χ1v) is 10.2. The molecule has 0 aliphatic heterocycles. The van der Waals surface area contributed by atoms with E-state index in [2.05, 4.69) is 102 Å². The monoisotopic (exact) mass is 383 g/mol. The summed E-state index contributed by atoms with van der Waals surface area (Å²) < 4.78 is 6.62. The van der Waals surface area contributed by atoms with Crippen LogP contribution in [0.5, 0.6) is 0 Å². The molecule has 5 aromatic carbocycles. The Morgan fingerprint density at radius 1 is 0.500 bits per heavy atom. The third-order valence-corrected chi connectivity index (χ3v) is 6.20. The van der Waals surface area contributed by atoms with E-state index in [0.717, 1.165) is 43.7 Å². The third-order valence-electron chi connectivity index (χ3n) is 6.20. The van der Waals surface area contributed by atoms with Gasteiger partial charge in [-0.15, -0.1) is 0 Å². The smallest absolute Gasteiger partial charge is 0.145 e. The Hall–Kier alpha value is -4.04. The molecule has 0 radical (unpaired) electrons. The number of nitrogens with one attached hydrogen (secondary N) is 1. The molecule has 0 saturated carbocycles. The summed E-state index contributed by atoms with van der Waals surface area (Å²) in [5, 5.41) is 7.04. The van der Waals surface area contributed by atoms with E-state index in [4.69, 9.17) is 4.42 Å². The predicted octanol–water partition coefficient (Wildman–Crippen LogP) is 8.04. The fraction of sp³-hybridized carbons (Fsp3) is 0. The highest BCUT2D eigenvalue weighted by atomic mass is 16.3. The second kappa shape index (κ2) is 5.74. The zero-order valence-corrected chi connectivity index (χ0v) is 16.1. The lowest BCUT2D eigenvalue weighted by molar-refractivity contribution is 0.677. The Morgan fingerprint density at radius 2 is 1.20 bits per heavy atom. The van der Waals surface area contributed by atoms with Gasteiger partial charge >= 0.3 is 0 Å². The number of benzene rings is 5. The molecule has 7 aromatic rings. The lowest BCUT2D eigenvalue weighted by Crippen LogP contribution is -1.82. The van der Waals surface area contributed by atoms with Crippen molar-refractivity contribution in [3.63, 3.8) is 0 Å². The van der Waals surface area contributed by atoms with Crippen LogP contribution < -0.4 is 0 Å². The summed E-state index contributed by atoms with van der Waals surface area (Å²) in [6.07, 6.45) is 0. The summed E-state index contributed by atoms with van der Waals surface area (Å²) >= 11 is 0. The van der Waals surface area contributed by atoms with Gasteiger partial charge in [0.15, 0.2) is 0 Å². The van der Waals surface area contributed by atoms with Crippen molar-refractivity contribution in [3.05, 3.63) is 97.1 Å². The standard InChI is InChI=1S/C28H17NO/c1-2-8-17(9-3-1)22-16-23-20-14-15-25-26(21-12-6-7-13-24(21)29-25)28(20)30-27(23)19-11-5-4-10-18(19)22/h1-16,29H. The summed E-state index contributed by atoms with van der Waals surface area (Å²) in [4.78, 5) is 3.53. The van der Waals surface area contributed by atoms with Crippen molar-refractivity contribution in [2.24, 2.45) is 0 Å². The van der Waals surface area contributed by atoms with Crippen LogP contribution in [0.25, 0.3) is 65.6 Å². The van der Waals surface area contributed by atoms with Crippen molar-refractivity contribution < 1.29 is 4.42 Å². The van der Waals surface area contributed by atoms with E-state index in [1.165, 1.54) is 21.9 Å². The minimum absolute atomic E-state index is 0.954. The number of fused-ring (bicyclic) bond motifs is 9. The first-order chi connectivity index (χ1) is 14.9. The minimum atomic E-state index is 0.954. The maximum atomic E-state index is 6.62. The molecule has 0 aliphatic rings. The van der Waals surface area contributed by atoms with Crippen molar-refractivity contribution in [1.29, 1.82) is 0 Å². The van der Waals surface area contributed by atoms with Crippen LogP contribution in [0.15, 0.2) is 101 Å². The molecule has 0 fully saturated rings. The first-order valence-electron chi connectivity index (χ1n) is 10.2. The van der Waals surface area contributed by atoms with Crippen molar-refractivity contribution in [1.82, 2.24) is 4.98 Å². The van der Waals surface area contributed by atoms with Gasteiger partial charge in [-0.2, -0.15) is 0 Å². The number of H-pyrrole nitrogens is 1. The van der Waals surface area contributed by atoms with E-state index in [9.17, 15) is 0 Å². The average Bonchev–Trinajstić information content (AvgIpc) is 3.37. The molecule has 7 rings (SSSR count). The molecule has 30 heavy (non-hydrogen) atoms. The fourth-order valence-corrected chi connectivity index (χ4v) is 4.84. The Balaban J connectivity index is 1.71. The van der Waals surface area contributed by atoms with Gasteiger partial charge in [-0.1, -0.05) is 72.8 Å². The van der Waals surface area contributed by atoms with Crippen LogP contribution in [0, 0.1) is 0 Å². The molecule has 0 aliphatic carbocycles. The number of aromatic amines is 1. The minimum Gasteiger partial charge on any atom is -0.455 e. The number of hydrogen-bond donors (Lipinski definition) is 1. The van der Waals surface area contributed by atoms with E-state index in [1.807, 2.05) is 0 Å². The lowest BCUT2D eigenvalue weighted by atomic mass is 9.95. The maximum absolute atomic E-state index is 6.62. The Morgan fingerprint density at radius 3 is 2.07 bits per heavy atom. The van der Waals surface area contributed by atoms with E-state index in [1.54, 1.807) is 0 Å². The normalized spacial score (nSPS) is 12.0. The van der Waals surface area contributed by atoms with Crippen molar-refractivity contribution >= 4 is 54.5 Å². The molecular formula is C28H17NO. The number of hydrogen-bond acceptors (Lipinski definition) is 1. The van der Waals surface area contributed by atoms with E-state index in [0.29, 0.717) is 0 Å². The van der Waals surface area contributed by atoms with Crippen LogP contribution >= 0.6 is 0 Å². The highest BCUT2D eigenvalue weighted by molar-refractivity contribution is 6.26. The molecule has 2 heteroatoms. The summed E-state index contributed by atoms with van der Waals surface area (Å²) in [6, 6.07) is 34.2. The topological polar surface area (TPSA) is 28.9 Å². The zero-order valence-electron chi connectivity index (χ0n) is 16.1. The van der Waals surface area contributed by atoms with Crippen LogP contribution in [0.4, 0.5) is 0 Å². The fourth-order valence-electron chi connectivity index (χ4n) is 4.84. The van der Waals surface area contributed by atoms with Gasteiger partial charge < -0.3 is 9.40 Å². The van der Waals surface area contributed by atoms with E-state index in [-0.39, 0.29) is 0 Å². The SMILES string of the molecule is c1ccc(-c2cc3c4ccc5[nH]c6ccccc6c5c4oc3c3ccccc23)cc1. The predicted molar refractivity (Wildman–Crippen MR) is 126 cm³/mol. The van der Waals surface area contributed by atoms with Gasteiger partial charge in [0.25, 0.3) is 0 Å². The molecule has 1 N–H and O–H groups in total. The highest BCUT2D eigenvalue weighted by Gasteiger charge is 2.18. The van der Waals surface area contributed by atoms with E-state index < -0.39 is 0 Å². The number of para-hydroxylation sites is 1. The van der Waals surface area contributed by atoms with Crippen molar-refractivity contribution in [2.45, 2.75) is 0 Å². The van der Waals surface area contributed by atoms with Gasteiger partial charge in [0.05, 0.1) is 10.9 Å². The summed E-state index contributed by atoms with van der Waals surface area (Å²) in [5.41, 5.74) is 6.61.